The lowest BCUT2D eigenvalue weighted by Crippen LogP contribution is -2.11. The van der Waals surface area contributed by atoms with Crippen LogP contribution in [0.3, 0.4) is 0 Å². The van der Waals surface area contributed by atoms with E-state index in [0.29, 0.717) is 5.13 Å². The van der Waals surface area contributed by atoms with Gasteiger partial charge in [-0.1, -0.05) is 30.3 Å². The molecule has 3 N–H and O–H groups in total. The van der Waals surface area contributed by atoms with Crippen LogP contribution in [-0.4, -0.2) is 4.98 Å². The van der Waals surface area contributed by atoms with Crippen LogP contribution < -0.4 is 11.1 Å². The maximum absolute atomic E-state index is 5.54. The van der Waals surface area contributed by atoms with Gasteiger partial charge in [0.15, 0.2) is 5.13 Å². The van der Waals surface area contributed by atoms with E-state index in [9.17, 15) is 0 Å². The average molecular weight is 219 g/mol. The van der Waals surface area contributed by atoms with Crippen LogP contribution in [0.2, 0.25) is 0 Å². The molecule has 1 aromatic heterocycles. The molecule has 0 aliphatic rings. The largest absolute Gasteiger partial charge is 0.375 e. The van der Waals surface area contributed by atoms with Crippen LogP contribution in [-0.2, 0) is 13.1 Å². The fraction of sp³-hybridized carbons (Fsp3) is 0.182. The molecule has 0 bridgehead atoms. The fourth-order valence-corrected chi connectivity index (χ4v) is 1.98. The highest BCUT2D eigenvalue weighted by Crippen LogP contribution is 2.13. The summed E-state index contributed by atoms with van der Waals surface area (Å²) < 4.78 is 0. The second-order valence-corrected chi connectivity index (χ2v) is 4.40. The van der Waals surface area contributed by atoms with Crippen molar-refractivity contribution in [3.63, 3.8) is 0 Å². The second kappa shape index (κ2) is 4.91. The quantitative estimate of drug-likeness (QED) is 0.827. The third kappa shape index (κ3) is 3.04. The predicted molar refractivity (Wildman–Crippen MR) is 63.5 cm³/mol. The summed E-state index contributed by atoms with van der Waals surface area (Å²) in [5, 5.41) is 3.98. The Labute approximate surface area is 93.0 Å². The highest BCUT2D eigenvalue weighted by molar-refractivity contribution is 7.15. The van der Waals surface area contributed by atoms with Gasteiger partial charge in [-0.3, -0.25) is 0 Å². The highest BCUT2D eigenvalue weighted by atomic mass is 32.1. The van der Waals surface area contributed by atoms with Gasteiger partial charge in [-0.25, -0.2) is 4.98 Å². The number of nitrogen functional groups attached to an aromatic ring is 1. The molecule has 0 saturated carbocycles. The number of nitrogens with zero attached hydrogens (tertiary/aromatic N) is 1. The van der Waals surface area contributed by atoms with E-state index in [4.69, 9.17) is 5.73 Å². The van der Waals surface area contributed by atoms with E-state index < -0.39 is 0 Å². The zero-order chi connectivity index (χ0) is 10.5. The van der Waals surface area contributed by atoms with Crippen molar-refractivity contribution >= 4 is 16.5 Å². The first-order valence-electron chi connectivity index (χ1n) is 4.79. The smallest absolute Gasteiger partial charge is 0.180 e. The van der Waals surface area contributed by atoms with E-state index in [1.54, 1.807) is 0 Å². The molecule has 0 spiro atoms. The Morgan fingerprint density at radius 1 is 1.20 bits per heavy atom. The fourth-order valence-electron chi connectivity index (χ4n) is 1.33. The summed E-state index contributed by atoms with van der Waals surface area (Å²) in [6, 6.07) is 10.3. The lowest BCUT2D eigenvalue weighted by Gasteiger charge is -2.02. The first-order valence-corrected chi connectivity index (χ1v) is 5.61. The minimum atomic E-state index is 0.631. The first-order chi connectivity index (χ1) is 7.34. The minimum Gasteiger partial charge on any atom is -0.375 e. The van der Waals surface area contributed by atoms with Crippen LogP contribution in [0, 0.1) is 0 Å². The molecule has 0 unspecified atom stereocenters. The van der Waals surface area contributed by atoms with Crippen molar-refractivity contribution in [2.24, 2.45) is 0 Å². The lowest BCUT2D eigenvalue weighted by molar-refractivity contribution is 0.700. The number of hydrogen-bond donors (Lipinski definition) is 2. The number of hydrogen-bond acceptors (Lipinski definition) is 4. The summed E-state index contributed by atoms with van der Waals surface area (Å²) in [6.45, 7) is 1.70. The minimum absolute atomic E-state index is 0.631. The summed E-state index contributed by atoms with van der Waals surface area (Å²) >= 11 is 1.53. The van der Waals surface area contributed by atoms with Gasteiger partial charge in [-0.05, 0) is 5.56 Å². The average Bonchev–Trinajstić information content (AvgIpc) is 2.66. The number of nitrogens with one attached hydrogen (secondary N) is 1. The second-order valence-electron chi connectivity index (χ2n) is 3.25. The summed E-state index contributed by atoms with van der Waals surface area (Å²) in [5.41, 5.74) is 6.83. The lowest BCUT2D eigenvalue weighted by atomic mass is 10.2. The molecule has 15 heavy (non-hydrogen) atoms. The third-order valence-electron chi connectivity index (χ3n) is 2.04. The number of rotatable bonds is 4. The summed E-state index contributed by atoms with van der Waals surface area (Å²) in [4.78, 5) is 5.17. The third-order valence-corrected chi connectivity index (χ3v) is 2.87. The van der Waals surface area contributed by atoms with Crippen molar-refractivity contribution in [3.05, 3.63) is 47.0 Å². The highest BCUT2D eigenvalue weighted by Gasteiger charge is 1.97. The Hall–Kier alpha value is -1.39. The van der Waals surface area contributed by atoms with Gasteiger partial charge in [0.1, 0.15) is 0 Å². The monoisotopic (exact) mass is 219 g/mol. The number of thiazole rings is 1. The maximum atomic E-state index is 5.54. The summed E-state index contributed by atoms with van der Waals surface area (Å²) in [6.07, 6.45) is 1.82. The Morgan fingerprint density at radius 3 is 2.67 bits per heavy atom. The van der Waals surface area contributed by atoms with Crippen molar-refractivity contribution in [2.45, 2.75) is 13.1 Å². The molecule has 0 amide bonds. The van der Waals surface area contributed by atoms with Crippen LogP contribution >= 0.6 is 11.3 Å². The topological polar surface area (TPSA) is 50.9 Å². The van der Waals surface area contributed by atoms with Gasteiger partial charge in [0.25, 0.3) is 0 Å². The standard InChI is InChI=1S/C11H13N3S/c12-11-14-8-10(15-11)7-13-6-9-4-2-1-3-5-9/h1-5,8,13H,6-7H2,(H2,12,14). The molecule has 0 radical (unpaired) electrons. The number of aromatic nitrogens is 1. The predicted octanol–water partition coefficient (Wildman–Crippen LogP) is 2.02. The zero-order valence-corrected chi connectivity index (χ0v) is 9.13. The number of nitrogens with two attached hydrogens (primary N) is 1. The molecular weight excluding hydrogens is 206 g/mol. The molecule has 3 nitrogen and oxygen atoms in total. The van der Waals surface area contributed by atoms with Crippen molar-refractivity contribution in [1.82, 2.24) is 10.3 Å². The van der Waals surface area contributed by atoms with Crippen LogP contribution in [0.5, 0.6) is 0 Å². The van der Waals surface area contributed by atoms with Crippen LogP contribution in [0.1, 0.15) is 10.4 Å². The molecule has 1 heterocycles. The molecule has 0 atom stereocenters. The van der Waals surface area contributed by atoms with Crippen molar-refractivity contribution in [3.8, 4) is 0 Å². The van der Waals surface area contributed by atoms with Gasteiger partial charge < -0.3 is 11.1 Å². The van der Waals surface area contributed by atoms with Gasteiger partial charge in [-0.2, -0.15) is 0 Å². The van der Waals surface area contributed by atoms with E-state index in [1.165, 1.54) is 21.8 Å². The first kappa shape index (κ1) is 10.1. The SMILES string of the molecule is Nc1ncc(CNCc2ccccc2)s1. The van der Waals surface area contributed by atoms with Crippen molar-refractivity contribution in [2.75, 3.05) is 5.73 Å². The molecule has 1 aromatic carbocycles. The Balaban J connectivity index is 1.80. The van der Waals surface area contributed by atoms with Crippen LogP contribution in [0.4, 0.5) is 5.13 Å². The Morgan fingerprint density at radius 2 is 2.00 bits per heavy atom. The van der Waals surface area contributed by atoms with E-state index >= 15 is 0 Å². The molecule has 0 fully saturated rings. The molecule has 0 aliphatic heterocycles. The summed E-state index contributed by atoms with van der Waals surface area (Å²) in [7, 11) is 0. The van der Waals surface area contributed by atoms with E-state index in [0.717, 1.165) is 13.1 Å². The van der Waals surface area contributed by atoms with E-state index in [2.05, 4.69) is 22.4 Å². The molecule has 2 rings (SSSR count). The number of benzene rings is 1. The molecule has 0 aliphatic carbocycles. The van der Waals surface area contributed by atoms with Gasteiger partial charge in [-0.15, -0.1) is 11.3 Å². The van der Waals surface area contributed by atoms with Gasteiger partial charge in [0, 0.05) is 24.2 Å². The van der Waals surface area contributed by atoms with E-state index in [-0.39, 0.29) is 0 Å². The van der Waals surface area contributed by atoms with Crippen molar-refractivity contribution < 1.29 is 0 Å². The Kier molecular flexibility index (Phi) is 3.32. The van der Waals surface area contributed by atoms with E-state index in [1.807, 2.05) is 24.4 Å². The molecular formula is C11H13N3S. The van der Waals surface area contributed by atoms with Gasteiger partial charge >= 0.3 is 0 Å². The Bertz CT molecular complexity index is 411. The zero-order valence-electron chi connectivity index (χ0n) is 8.31. The molecule has 4 heteroatoms. The number of anilines is 1. The molecule has 2 aromatic rings. The summed E-state index contributed by atoms with van der Waals surface area (Å²) in [5.74, 6) is 0. The van der Waals surface area contributed by atoms with Gasteiger partial charge in [0.2, 0.25) is 0 Å². The maximum Gasteiger partial charge on any atom is 0.180 e. The van der Waals surface area contributed by atoms with Gasteiger partial charge in [0.05, 0.1) is 0 Å². The van der Waals surface area contributed by atoms with Crippen LogP contribution in [0.15, 0.2) is 36.5 Å². The van der Waals surface area contributed by atoms with Crippen molar-refractivity contribution in [1.29, 1.82) is 0 Å². The molecule has 0 saturated heterocycles. The normalized spacial score (nSPS) is 10.4. The molecule has 78 valence electrons. The van der Waals surface area contributed by atoms with Crippen LogP contribution in [0.25, 0.3) is 0 Å².